The first-order valence-electron chi connectivity index (χ1n) is 14.0. The van der Waals surface area contributed by atoms with Crippen LogP contribution in [0.1, 0.15) is 41.6 Å². The third-order valence-electron chi connectivity index (χ3n) is 9.17. The Bertz CT molecular complexity index is 1530. The van der Waals surface area contributed by atoms with Crippen LogP contribution in [-0.4, -0.2) is 46.9 Å². The highest BCUT2D eigenvalue weighted by atomic mass is 35.5. The summed E-state index contributed by atoms with van der Waals surface area (Å²) in [5.41, 5.74) is 0.288. The van der Waals surface area contributed by atoms with Gasteiger partial charge < -0.3 is 15.3 Å². The fourth-order valence-corrected chi connectivity index (χ4v) is 7.71. The molecule has 0 radical (unpaired) electrons. The lowest BCUT2D eigenvalue weighted by Gasteiger charge is -2.41. The van der Waals surface area contributed by atoms with Gasteiger partial charge in [-0.25, -0.2) is 9.18 Å². The Morgan fingerprint density at radius 2 is 1.88 bits per heavy atom. The number of carboxylic acids is 1. The van der Waals surface area contributed by atoms with E-state index in [0.29, 0.717) is 34.4 Å². The molecule has 2 amide bonds. The van der Waals surface area contributed by atoms with E-state index in [0.717, 1.165) is 25.7 Å². The summed E-state index contributed by atoms with van der Waals surface area (Å²) in [7, 11) is 0. The zero-order valence-electron chi connectivity index (χ0n) is 22.7. The van der Waals surface area contributed by atoms with Crippen molar-refractivity contribution >= 4 is 52.4 Å². The number of aromatic carboxylic acids is 1. The lowest BCUT2D eigenvalue weighted by molar-refractivity contribution is -0.130. The second kappa shape index (κ2) is 11.0. The van der Waals surface area contributed by atoms with Crippen molar-refractivity contribution in [3.63, 3.8) is 0 Å². The minimum absolute atomic E-state index is 0.102. The van der Waals surface area contributed by atoms with Crippen LogP contribution in [0.3, 0.4) is 0 Å². The number of fused-ring (bicyclic) bond motifs is 3. The van der Waals surface area contributed by atoms with Crippen LogP contribution < -0.4 is 10.2 Å². The third kappa shape index (κ3) is 4.57. The maximum absolute atomic E-state index is 16.6. The molecule has 3 aliphatic heterocycles. The van der Waals surface area contributed by atoms with E-state index in [9.17, 15) is 19.5 Å². The molecule has 1 spiro atoms. The second-order valence-electron chi connectivity index (χ2n) is 11.4. The molecule has 0 bridgehead atoms. The van der Waals surface area contributed by atoms with Gasteiger partial charge in [0.15, 0.2) is 0 Å². The number of allylic oxidation sites excluding steroid dienone is 4. The van der Waals surface area contributed by atoms with Crippen LogP contribution in [0.4, 0.5) is 15.8 Å². The summed E-state index contributed by atoms with van der Waals surface area (Å²) in [5.74, 6) is -4.07. The third-order valence-corrected chi connectivity index (χ3v) is 9.53. The summed E-state index contributed by atoms with van der Waals surface area (Å²) in [6.45, 7) is 4.38. The van der Waals surface area contributed by atoms with Gasteiger partial charge in [-0.05, 0) is 67.3 Å². The molecule has 10 heteroatoms. The van der Waals surface area contributed by atoms with E-state index in [1.165, 1.54) is 30.4 Å². The first-order valence-corrected chi connectivity index (χ1v) is 14.8. The number of rotatable bonds is 7. The number of carbonyl (C=O) groups excluding carboxylic acids is 2. The van der Waals surface area contributed by atoms with Crippen molar-refractivity contribution in [1.82, 2.24) is 4.90 Å². The molecule has 4 aliphatic rings. The number of carbonyl (C=O) groups is 3. The minimum atomic E-state index is -1.46. The fourth-order valence-electron chi connectivity index (χ4n) is 7.46. The summed E-state index contributed by atoms with van der Waals surface area (Å²) >= 11 is 12.2. The SMILES string of the molecule is C=C(Cl)/C=C\C=C(/F)[C@@H]1[C@H]2C(=O)N(c3ccc(C(=O)O)cc3)C[C@H]2N(CC2CCCC2)[C@]12C(=O)Nc1cc(Cl)ccc12. The topological polar surface area (TPSA) is 90.0 Å². The Morgan fingerprint density at radius 3 is 2.55 bits per heavy atom. The largest absolute Gasteiger partial charge is 0.478 e. The van der Waals surface area contributed by atoms with Gasteiger partial charge in [-0.2, -0.15) is 0 Å². The average Bonchev–Trinajstić information content (AvgIpc) is 3.70. The first kappa shape index (κ1) is 28.6. The van der Waals surface area contributed by atoms with Crippen molar-refractivity contribution < 1.29 is 23.9 Å². The lowest BCUT2D eigenvalue weighted by atomic mass is 9.74. The molecule has 0 aromatic heterocycles. The van der Waals surface area contributed by atoms with Crippen LogP contribution in [0, 0.1) is 17.8 Å². The predicted molar refractivity (Wildman–Crippen MR) is 160 cm³/mol. The van der Waals surface area contributed by atoms with Crippen molar-refractivity contribution in [2.75, 3.05) is 23.3 Å². The van der Waals surface area contributed by atoms with Crippen molar-refractivity contribution in [3.05, 3.63) is 94.3 Å². The van der Waals surface area contributed by atoms with Crippen LogP contribution in [0.25, 0.3) is 0 Å². The van der Waals surface area contributed by atoms with Gasteiger partial charge in [0.2, 0.25) is 11.8 Å². The van der Waals surface area contributed by atoms with Crippen molar-refractivity contribution in [1.29, 1.82) is 0 Å². The fraction of sp³-hybridized carbons (Fsp3) is 0.344. The zero-order chi connectivity index (χ0) is 29.8. The zero-order valence-corrected chi connectivity index (χ0v) is 24.2. The lowest BCUT2D eigenvalue weighted by Crippen LogP contribution is -2.55. The Hall–Kier alpha value is -3.46. The van der Waals surface area contributed by atoms with E-state index in [1.54, 1.807) is 35.2 Å². The van der Waals surface area contributed by atoms with Gasteiger partial charge in [-0.3, -0.25) is 14.5 Å². The molecule has 0 unspecified atom stereocenters. The molecular formula is C32H30Cl2FN3O4. The summed E-state index contributed by atoms with van der Waals surface area (Å²) in [6.07, 6.45) is 8.31. The summed E-state index contributed by atoms with van der Waals surface area (Å²) in [5, 5.41) is 12.9. The molecule has 2 N–H and O–H groups in total. The maximum atomic E-state index is 16.6. The number of hydrogen-bond acceptors (Lipinski definition) is 4. The number of anilines is 2. The van der Waals surface area contributed by atoms with E-state index in [4.69, 9.17) is 23.2 Å². The van der Waals surface area contributed by atoms with E-state index in [2.05, 4.69) is 16.8 Å². The Kier molecular flexibility index (Phi) is 7.50. The number of benzene rings is 2. The molecule has 218 valence electrons. The highest BCUT2D eigenvalue weighted by Gasteiger charge is 2.71. The van der Waals surface area contributed by atoms with Crippen LogP contribution in [-0.2, 0) is 15.1 Å². The molecule has 2 saturated heterocycles. The smallest absolute Gasteiger partial charge is 0.335 e. The Morgan fingerprint density at radius 1 is 1.17 bits per heavy atom. The summed E-state index contributed by atoms with van der Waals surface area (Å²) in [4.78, 5) is 43.6. The quantitative estimate of drug-likeness (QED) is 0.350. The molecule has 3 heterocycles. The number of amides is 2. The monoisotopic (exact) mass is 609 g/mol. The van der Waals surface area contributed by atoms with Gasteiger partial charge in [-0.15, -0.1) is 0 Å². The maximum Gasteiger partial charge on any atom is 0.335 e. The standard InChI is InChI=1S/C32H30Cl2FN3O4/c1-18(33)5-4-8-24(35)28-27-26(17-37(29(27)39)22-12-9-20(10-13-22)30(40)41)38(16-19-6-2-3-7-19)32(28)23-14-11-21(34)15-25(23)36-31(32)42/h4-5,8-15,19,26-28H,1-3,6-7,16-17H2,(H,36,42)(H,40,41)/b5-4-,24-8-/t26-,27+,28-,32+/m1/s1. The van der Waals surface area contributed by atoms with Crippen LogP contribution in [0.2, 0.25) is 5.02 Å². The van der Waals surface area contributed by atoms with Gasteiger partial charge in [0.05, 0.1) is 17.4 Å². The molecule has 1 aliphatic carbocycles. The molecule has 2 aromatic carbocycles. The Balaban J connectivity index is 1.51. The number of nitrogens with zero attached hydrogens (tertiary/aromatic N) is 2. The summed E-state index contributed by atoms with van der Waals surface area (Å²) < 4.78 is 16.6. The molecule has 3 fully saturated rings. The number of hydrogen-bond donors (Lipinski definition) is 2. The van der Waals surface area contributed by atoms with Gasteiger partial charge in [0, 0.05) is 46.1 Å². The molecule has 1 saturated carbocycles. The molecular weight excluding hydrogens is 580 g/mol. The van der Waals surface area contributed by atoms with Crippen LogP contribution >= 0.6 is 23.2 Å². The van der Waals surface area contributed by atoms with Gasteiger partial charge in [-0.1, -0.05) is 54.8 Å². The highest BCUT2D eigenvalue weighted by Crippen LogP contribution is 2.60. The number of likely N-dealkylation sites (tertiary alicyclic amines) is 1. The van der Waals surface area contributed by atoms with Crippen molar-refractivity contribution in [3.8, 4) is 0 Å². The van der Waals surface area contributed by atoms with Crippen molar-refractivity contribution in [2.24, 2.45) is 17.8 Å². The number of carboxylic acid groups (broad SMARTS) is 1. The van der Waals surface area contributed by atoms with Gasteiger partial charge >= 0.3 is 5.97 Å². The van der Waals surface area contributed by atoms with Gasteiger partial charge in [0.25, 0.3) is 0 Å². The van der Waals surface area contributed by atoms with E-state index in [-0.39, 0.29) is 29.0 Å². The molecule has 2 aromatic rings. The molecule has 4 atom stereocenters. The van der Waals surface area contributed by atoms with E-state index >= 15 is 4.39 Å². The molecule has 6 rings (SSSR count). The second-order valence-corrected chi connectivity index (χ2v) is 12.4. The van der Waals surface area contributed by atoms with Crippen LogP contribution in [0.15, 0.2) is 78.1 Å². The van der Waals surface area contributed by atoms with Crippen LogP contribution in [0.5, 0.6) is 0 Å². The first-order chi connectivity index (χ1) is 20.1. The summed E-state index contributed by atoms with van der Waals surface area (Å²) in [6, 6.07) is 10.7. The number of nitrogens with one attached hydrogen (secondary N) is 1. The van der Waals surface area contributed by atoms with Gasteiger partial charge in [0.1, 0.15) is 11.4 Å². The van der Waals surface area contributed by atoms with Crippen molar-refractivity contribution in [2.45, 2.75) is 37.3 Å². The molecule has 42 heavy (non-hydrogen) atoms. The minimum Gasteiger partial charge on any atom is -0.478 e. The Labute approximate surface area is 253 Å². The molecule has 7 nitrogen and oxygen atoms in total. The normalized spacial score (nSPS) is 27.7. The van der Waals surface area contributed by atoms with E-state index in [1.807, 2.05) is 0 Å². The number of halogens is 3. The van der Waals surface area contributed by atoms with E-state index < -0.39 is 35.2 Å². The predicted octanol–water partition coefficient (Wildman–Crippen LogP) is 6.50. The highest BCUT2D eigenvalue weighted by molar-refractivity contribution is 6.31. The average molecular weight is 611 g/mol.